The molecule has 0 saturated carbocycles. The quantitative estimate of drug-likeness (QED) is 0.727. The summed E-state index contributed by atoms with van der Waals surface area (Å²) in [6, 6.07) is 7.87. The molecule has 1 aliphatic rings. The van der Waals surface area contributed by atoms with Gasteiger partial charge in [0.1, 0.15) is 5.52 Å². The second-order valence-corrected chi connectivity index (χ2v) is 6.11. The number of benzene rings is 1. The van der Waals surface area contributed by atoms with E-state index in [0.717, 1.165) is 24.3 Å². The summed E-state index contributed by atoms with van der Waals surface area (Å²) < 4.78 is 44.3. The first kappa shape index (κ1) is 17.5. The summed E-state index contributed by atoms with van der Waals surface area (Å²) in [6.07, 6.45) is -3.34. The molecule has 0 spiro atoms. The Balaban J connectivity index is 1.50. The molecule has 1 aromatic carbocycles. The Bertz CT molecular complexity index is 919. The number of aromatic nitrogens is 4. The fourth-order valence-electron chi connectivity index (χ4n) is 2.92. The van der Waals surface area contributed by atoms with Crippen molar-refractivity contribution in [2.75, 3.05) is 36.5 Å². The molecule has 27 heavy (non-hydrogen) atoms. The lowest BCUT2D eigenvalue weighted by atomic mass is 10.2. The van der Waals surface area contributed by atoms with Crippen LogP contribution in [0, 0.1) is 0 Å². The van der Waals surface area contributed by atoms with Crippen molar-refractivity contribution in [1.29, 1.82) is 0 Å². The number of nitrogens with zero attached hydrogens (tertiary/aromatic N) is 4. The summed E-state index contributed by atoms with van der Waals surface area (Å²) >= 11 is 0. The van der Waals surface area contributed by atoms with Crippen molar-refractivity contribution in [2.45, 2.75) is 12.7 Å². The first-order chi connectivity index (χ1) is 13.0. The molecule has 1 fully saturated rings. The zero-order chi connectivity index (χ0) is 18.9. The topological polar surface area (TPSA) is 79.0 Å². The summed E-state index contributed by atoms with van der Waals surface area (Å²) in [6.45, 7) is 3.43. The normalized spacial score (nSPS) is 15.3. The zero-order valence-corrected chi connectivity index (χ0v) is 14.3. The molecule has 0 atom stereocenters. The van der Waals surface area contributed by atoms with Crippen LogP contribution < -0.4 is 10.2 Å². The highest BCUT2D eigenvalue weighted by molar-refractivity contribution is 5.82. The van der Waals surface area contributed by atoms with E-state index in [0.29, 0.717) is 25.3 Å². The molecular formula is C17H17F3N6O. The smallest absolute Gasteiger partial charge is 0.378 e. The summed E-state index contributed by atoms with van der Waals surface area (Å²) in [5, 5.41) is 2.95. The second-order valence-electron chi connectivity index (χ2n) is 6.11. The first-order valence-corrected chi connectivity index (χ1v) is 8.44. The van der Waals surface area contributed by atoms with Crippen LogP contribution in [0.1, 0.15) is 11.4 Å². The summed E-state index contributed by atoms with van der Waals surface area (Å²) in [4.78, 5) is 15.9. The molecule has 7 nitrogen and oxygen atoms in total. The van der Waals surface area contributed by atoms with Gasteiger partial charge in [0, 0.05) is 25.3 Å². The Morgan fingerprint density at radius 1 is 1.11 bits per heavy atom. The molecule has 3 heterocycles. The molecule has 0 amide bonds. The van der Waals surface area contributed by atoms with Gasteiger partial charge in [-0.15, -0.1) is 0 Å². The predicted octanol–water partition coefficient (Wildman–Crippen LogP) is 2.82. The van der Waals surface area contributed by atoms with E-state index in [1.54, 1.807) is 0 Å². The fraction of sp³-hybridized carbons (Fsp3) is 0.353. The van der Waals surface area contributed by atoms with E-state index in [2.05, 4.69) is 30.2 Å². The maximum absolute atomic E-state index is 13.0. The molecule has 0 aliphatic carbocycles. The minimum absolute atomic E-state index is 0.0255. The number of fused-ring (bicyclic) bond motifs is 1. The standard InChI is InChI=1S/C17H17F3N6O/c18-17(19,20)16-24-14(13-15(25-16)23-10-22-13)21-9-11-1-3-12(4-2-11)26-5-7-27-8-6-26/h1-4,10H,5-9H2,(H2,21,22,23,24,25). The Kier molecular flexibility index (Phi) is 4.56. The van der Waals surface area contributed by atoms with Gasteiger partial charge in [0.2, 0.25) is 5.82 Å². The number of anilines is 2. The number of nitrogens with one attached hydrogen (secondary N) is 2. The van der Waals surface area contributed by atoms with Gasteiger partial charge < -0.3 is 19.9 Å². The lowest BCUT2D eigenvalue weighted by Gasteiger charge is -2.28. The highest BCUT2D eigenvalue weighted by Crippen LogP contribution is 2.29. The SMILES string of the molecule is FC(F)(F)c1nc(NCc2ccc(N3CCOCC3)cc2)c2[nH]cnc2n1. The van der Waals surface area contributed by atoms with Gasteiger partial charge in [-0.25, -0.2) is 15.0 Å². The Morgan fingerprint density at radius 2 is 1.85 bits per heavy atom. The molecule has 0 bridgehead atoms. The van der Waals surface area contributed by atoms with Crippen LogP contribution >= 0.6 is 0 Å². The summed E-state index contributed by atoms with van der Waals surface area (Å²) in [5.74, 6) is -1.14. The number of H-pyrrole nitrogens is 1. The molecule has 4 rings (SSSR count). The maximum Gasteiger partial charge on any atom is 0.451 e. The van der Waals surface area contributed by atoms with Crippen LogP contribution in [-0.4, -0.2) is 46.2 Å². The van der Waals surface area contributed by atoms with E-state index in [-0.39, 0.29) is 11.5 Å². The fourth-order valence-corrected chi connectivity index (χ4v) is 2.92. The van der Waals surface area contributed by atoms with Crippen molar-refractivity contribution in [3.63, 3.8) is 0 Å². The van der Waals surface area contributed by atoms with E-state index in [1.165, 1.54) is 6.33 Å². The minimum Gasteiger partial charge on any atom is -0.378 e. The van der Waals surface area contributed by atoms with Crippen molar-refractivity contribution < 1.29 is 17.9 Å². The van der Waals surface area contributed by atoms with E-state index >= 15 is 0 Å². The largest absolute Gasteiger partial charge is 0.451 e. The van der Waals surface area contributed by atoms with E-state index in [4.69, 9.17) is 4.74 Å². The van der Waals surface area contributed by atoms with Gasteiger partial charge in [-0.1, -0.05) is 12.1 Å². The van der Waals surface area contributed by atoms with Gasteiger partial charge in [0.15, 0.2) is 11.5 Å². The third-order valence-electron chi connectivity index (χ3n) is 4.31. The highest BCUT2D eigenvalue weighted by Gasteiger charge is 2.36. The Morgan fingerprint density at radius 3 is 2.56 bits per heavy atom. The van der Waals surface area contributed by atoms with Crippen LogP contribution in [0.25, 0.3) is 11.2 Å². The average Bonchev–Trinajstić information content (AvgIpc) is 3.15. The van der Waals surface area contributed by atoms with Crippen LogP contribution in [0.4, 0.5) is 24.7 Å². The molecule has 3 aromatic rings. The van der Waals surface area contributed by atoms with Gasteiger partial charge in [-0.3, -0.25) is 0 Å². The molecule has 0 unspecified atom stereocenters. The summed E-state index contributed by atoms with van der Waals surface area (Å²) in [7, 11) is 0. The number of imidazole rings is 1. The average molecular weight is 378 g/mol. The van der Waals surface area contributed by atoms with Crippen molar-refractivity contribution >= 4 is 22.7 Å². The monoisotopic (exact) mass is 378 g/mol. The first-order valence-electron chi connectivity index (χ1n) is 8.44. The molecule has 0 radical (unpaired) electrons. The molecule has 142 valence electrons. The van der Waals surface area contributed by atoms with E-state index in [1.807, 2.05) is 24.3 Å². The van der Waals surface area contributed by atoms with Crippen LogP contribution in [-0.2, 0) is 17.5 Å². The molecule has 1 aliphatic heterocycles. The number of rotatable bonds is 4. The Hall–Kier alpha value is -2.88. The third-order valence-corrected chi connectivity index (χ3v) is 4.31. The summed E-state index contributed by atoms with van der Waals surface area (Å²) in [5.41, 5.74) is 2.33. The molecule has 10 heteroatoms. The number of halogens is 3. The minimum atomic E-state index is -4.64. The number of aromatic amines is 1. The predicted molar refractivity (Wildman–Crippen MR) is 93.5 cm³/mol. The third kappa shape index (κ3) is 3.80. The van der Waals surface area contributed by atoms with Crippen molar-refractivity contribution in [3.05, 3.63) is 42.0 Å². The Labute approximate surface area is 152 Å². The van der Waals surface area contributed by atoms with Gasteiger partial charge >= 0.3 is 6.18 Å². The van der Waals surface area contributed by atoms with Crippen molar-refractivity contribution in [1.82, 2.24) is 19.9 Å². The second kappa shape index (κ2) is 7.03. The van der Waals surface area contributed by atoms with Crippen LogP contribution in [0.2, 0.25) is 0 Å². The van der Waals surface area contributed by atoms with Crippen LogP contribution in [0.3, 0.4) is 0 Å². The zero-order valence-electron chi connectivity index (χ0n) is 14.3. The van der Waals surface area contributed by atoms with Crippen molar-refractivity contribution in [3.8, 4) is 0 Å². The number of ether oxygens (including phenoxy) is 1. The van der Waals surface area contributed by atoms with Crippen LogP contribution in [0.15, 0.2) is 30.6 Å². The maximum atomic E-state index is 13.0. The van der Waals surface area contributed by atoms with E-state index in [9.17, 15) is 13.2 Å². The molecular weight excluding hydrogens is 361 g/mol. The lowest BCUT2D eigenvalue weighted by molar-refractivity contribution is -0.144. The van der Waals surface area contributed by atoms with Gasteiger partial charge in [0.25, 0.3) is 0 Å². The molecule has 2 N–H and O–H groups in total. The number of hydrogen-bond acceptors (Lipinski definition) is 6. The molecule has 1 saturated heterocycles. The number of alkyl halides is 3. The number of morpholine rings is 1. The highest BCUT2D eigenvalue weighted by atomic mass is 19.4. The number of hydrogen-bond donors (Lipinski definition) is 2. The van der Waals surface area contributed by atoms with Gasteiger partial charge in [-0.2, -0.15) is 13.2 Å². The van der Waals surface area contributed by atoms with Gasteiger partial charge in [0.05, 0.1) is 19.5 Å². The van der Waals surface area contributed by atoms with Crippen LogP contribution in [0.5, 0.6) is 0 Å². The van der Waals surface area contributed by atoms with Crippen molar-refractivity contribution in [2.24, 2.45) is 0 Å². The van der Waals surface area contributed by atoms with E-state index < -0.39 is 12.0 Å². The van der Waals surface area contributed by atoms with Gasteiger partial charge in [-0.05, 0) is 17.7 Å². The molecule has 2 aromatic heterocycles. The lowest BCUT2D eigenvalue weighted by Crippen LogP contribution is -2.36.